The van der Waals surface area contributed by atoms with Crippen molar-refractivity contribution in [1.82, 2.24) is 0 Å². The van der Waals surface area contributed by atoms with Crippen molar-refractivity contribution in [2.75, 3.05) is 13.2 Å². The summed E-state index contributed by atoms with van der Waals surface area (Å²) in [6.45, 7) is 3.36. The molecule has 1 heterocycles. The summed E-state index contributed by atoms with van der Waals surface area (Å²) in [6.07, 6.45) is 5.57. The van der Waals surface area contributed by atoms with Gasteiger partial charge in [0.05, 0.1) is 24.8 Å². The van der Waals surface area contributed by atoms with Crippen LogP contribution >= 0.6 is 0 Å². The number of benzene rings is 1. The minimum absolute atomic E-state index is 0.0558. The number of nitrogens with zero attached hydrogens (tertiary/aromatic N) is 1. The average Bonchev–Trinajstić information content (AvgIpc) is 2.48. The highest BCUT2D eigenvalue weighted by atomic mass is 17.2. The smallest absolute Gasteiger partial charge is 0.0994 e. The van der Waals surface area contributed by atoms with Crippen LogP contribution in [-0.2, 0) is 15.2 Å². The molecular formula is C16H21NO2. The molecule has 3 nitrogen and oxygen atoms in total. The molecule has 1 fully saturated rings. The van der Waals surface area contributed by atoms with Crippen LogP contribution < -0.4 is 0 Å². The van der Waals surface area contributed by atoms with Crippen molar-refractivity contribution in [3.63, 3.8) is 0 Å². The van der Waals surface area contributed by atoms with Crippen LogP contribution in [0.25, 0.3) is 0 Å². The first-order chi connectivity index (χ1) is 9.32. The Bertz CT molecular complexity index is 444. The molecule has 0 bridgehead atoms. The minimum atomic E-state index is -0.0558. The third kappa shape index (κ3) is 3.15. The summed E-state index contributed by atoms with van der Waals surface area (Å²) in [4.78, 5) is 10.3. The van der Waals surface area contributed by atoms with E-state index in [4.69, 9.17) is 9.78 Å². The summed E-state index contributed by atoms with van der Waals surface area (Å²) >= 11 is 0. The van der Waals surface area contributed by atoms with Crippen LogP contribution in [0.3, 0.4) is 0 Å². The second-order valence-electron chi connectivity index (χ2n) is 5.23. The van der Waals surface area contributed by atoms with Crippen LogP contribution in [0.2, 0.25) is 0 Å². The van der Waals surface area contributed by atoms with Gasteiger partial charge in [-0.3, -0.25) is 0 Å². The van der Waals surface area contributed by atoms with Crippen molar-refractivity contribution in [3.8, 4) is 6.07 Å². The average molecular weight is 259 g/mol. The second-order valence-corrected chi connectivity index (χ2v) is 5.23. The Hall–Kier alpha value is -1.37. The third-order valence-electron chi connectivity index (χ3n) is 3.96. The summed E-state index contributed by atoms with van der Waals surface area (Å²) in [5, 5.41) is 9.31. The molecule has 0 aromatic heterocycles. The van der Waals surface area contributed by atoms with Gasteiger partial charge in [-0.25, -0.2) is 9.78 Å². The van der Waals surface area contributed by atoms with Gasteiger partial charge >= 0.3 is 0 Å². The van der Waals surface area contributed by atoms with Gasteiger partial charge in [-0.05, 0) is 24.5 Å². The fourth-order valence-electron chi connectivity index (χ4n) is 2.82. The van der Waals surface area contributed by atoms with E-state index < -0.39 is 0 Å². The zero-order valence-electron chi connectivity index (χ0n) is 11.5. The molecular weight excluding hydrogens is 238 g/mol. The number of hydrogen-bond donors (Lipinski definition) is 0. The SMILES string of the molecule is CCCCCC1(c2ccccc2C#N)CCOOC1. The van der Waals surface area contributed by atoms with Crippen molar-refractivity contribution in [3.05, 3.63) is 35.4 Å². The lowest BCUT2D eigenvalue weighted by Crippen LogP contribution is -2.38. The minimum Gasteiger partial charge on any atom is -0.237 e. The number of hydrogen-bond acceptors (Lipinski definition) is 3. The first kappa shape index (κ1) is 14.0. The Labute approximate surface area is 115 Å². The van der Waals surface area contributed by atoms with E-state index in [2.05, 4.69) is 19.1 Å². The zero-order chi connectivity index (χ0) is 13.6. The van der Waals surface area contributed by atoms with E-state index >= 15 is 0 Å². The Balaban J connectivity index is 2.28. The summed E-state index contributed by atoms with van der Waals surface area (Å²) in [7, 11) is 0. The topological polar surface area (TPSA) is 42.2 Å². The van der Waals surface area contributed by atoms with Gasteiger partial charge < -0.3 is 0 Å². The van der Waals surface area contributed by atoms with Gasteiger partial charge in [0.15, 0.2) is 0 Å². The third-order valence-corrected chi connectivity index (χ3v) is 3.96. The van der Waals surface area contributed by atoms with E-state index in [9.17, 15) is 5.26 Å². The molecule has 1 unspecified atom stereocenters. The molecule has 1 aliphatic rings. The molecule has 1 atom stereocenters. The maximum atomic E-state index is 9.31. The Kier molecular flexibility index (Phi) is 4.95. The first-order valence-corrected chi connectivity index (χ1v) is 7.06. The van der Waals surface area contributed by atoms with Crippen molar-refractivity contribution in [1.29, 1.82) is 5.26 Å². The Morgan fingerprint density at radius 1 is 1.26 bits per heavy atom. The van der Waals surface area contributed by atoms with Crippen molar-refractivity contribution in [2.45, 2.75) is 44.4 Å². The Morgan fingerprint density at radius 3 is 2.79 bits per heavy atom. The predicted molar refractivity (Wildman–Crippen MR) is 73.5 cm³/mol. The molecule has 0 saturated carbocycles. The molecule has 1 saturated heterocycles. The van der Waals surface area contributed by atoms with Crippen LogP contribution in [0.4, 0.5) is 0 Å². The van der Waals surface area contributed by atoms with Gasteiger partial charge in [0.25, 0.3) is 0 Å². The van der Waals surface area contributed by atoms with Gasteiger partial charge in [-0.2, -0.15) is 5.26 Å². The molecule has 19 heavy (non-hydrogen) atoms. The number of unbranched alkanes of at least 4 members (excludes halogenated alkanes) is 2. The van der Waals surface area contributed by atoms with Crippen molar-refractivity contribution >= 4 is 0 Å². The maximum absolute atomic E-state index is 9.31. The van der Waals surface area contributed by atoms with E-state index in [1.807, 2.05) is 18.2 Å². The lowest BCUT2D eigenvalue weighted by atomic mass is 9.72. The fourth-order valence-corrected chi connectivity index (χ4v) is 2.82. The first-order valence-electron chi connectivity index (χ1n) is 7.06. The molecule has 0 spiro atoms. The van der Waals surface area contributed by atoms with Gasteiger partial charge in [0, 0.05) is 5.41 Å². The molecule has 102 valence electrons. The molecule has 2 rings (SSSR count). The highest BCUT2D eigenvalue weighted by molar-refractivity contribution is 5.42. The molecule has 0 N–H and O–H groups in total. The van der Waals surface area contributed by atoms with Gasteiger partial charge in [0.2, 0.25) is 0 Å². The van der Waals surface area contributed by atoms with Gasteiger partial charge in [-0.1, -0.05) is 44.4 Å². The molecule has 3 heteroatoms. The predicted octanol–water partition coefficient (Wildman–Crippen LogP) is 3.73. The molecule has 1 aromatic rings. The zero-order valence-corrected chi connectivity index (χ0v) is 11.5. The lowest BCUT2D eigenvalue weighted by molar-refractivity contribution is -0.329. The van der Waals surface area contributed by atoms with Crippen molar-refractivity contribution in [2.24, 2.45) is 0 Å². The van der Waals surface area contributed by atoms with Gasteiger partial charge in [-0.15, -0.1) is 0 Å². The molecule has 0 aliphatic carbocycles. The lowest BCUT2D eigenvalue weighted by Gasteiger charge is -2.37. The van der Waals surface area contributed by atoms with E-state index in [1.165, 1.54) is 19.3 Å². The van der Waals surface area contributed by atoms with Crippen LogP contribution in [0, 0.1) is 11.3 Å². The van der Waals surface area contributed by atoms with Crippen LogP contribution in [0.15, 0.2) is 24.3 Å². The Morgan fingerprint density at radius 2 is 2.11 bits per heavy atom. The number of nitriles is 1. The second kappa shape index (κ2) is 6.70. The summed E-state index contributed by atoms with van der Waals surface area (Å²) in [5.74, 6) is 0. The quantitative estimate of drug-likeness (QED) is 0.597. The highest BCUT2D eigenvalue weighted by Gasteiger charge is 2.36. The highest BCUT2D eigenvalue weighted by Crippen LogP contribution is 2.38. The standard InChI is InChI=1S/C16H21NO2/c1-2-3-6-9-16(10-11-18-19-13-16)15-8-5-4-7-14(15)12-17/h4-5,7-8H,2-3,6,9-11,13H2,1H3. The summed E-state index contributed by atoms with van der Waals surface area (Å²) in [6, 6.07) is 10.2. The van der Waals surface area contributed by atoms with E-state index in [0.29, 0.717) is 13.2 Å². The monoisotopic (exact) mass is 259 g/mol. The molecule has 0 amide bonds. The summed E-state index contributed by atoms with van der Waals surface area (Å²) in [5.41, 5.74) is 1.83. The normalized spacial score (nSPS) is 22.9. The largest absolute Gasteiger partial charge is 0.237 e. The van der Waals surface area contributed by atoms with Crippen molar-refractivity contribution < 1.29 is 9.78 Å². The maximum Gasteiger partial charge on any atom is 0.0994 e. The summed E-state index contributed by atoms with van der Waals surface area (Å²) < 4.78 is 0. The van der Waals surface area contributed by atoms with Gasteiger partial charge in [0.1, 0.15) is 0 Å². The van der Waals surface area contributed by atoms with Crippen LogP contribution in [-0.4, -0.2) is 13.2 Å². The molecule has 1 aliphatic heterocycles. The number of rotatable bonds is 5. The van der Waals surface area contributed by atoms with E-state index in [1.54, 1.807) is 0 Å². The van der Waals surface area contributed by atoms with E-state index in [-0.39, 0.29) is 5.41 Å². The van der Waals surface area contributed by atoms with Crippen LogP contribution in [0.1, 0.15) is 50.2 Å². The molecule has 0 radical (unpaired) electrons. The van der Waals surface area contributed by atoms with Crippen LogP contribution in [0.5, 0.6) is 0 Å². The fraction of sp³-hybridized carbons (Fsp3) is 0.562. The van der Waals surface area contributed by atoms with E-state index in [0.717, 1.165) is 24.0 Å². The molecule has 1 aromatic carbocycles.